The molecule has 5 heteroatoms. The SMILES string of the molecule is CCc1nc2c(N)cccc2n1C(C)C(=O)OC(C)CC. The highest BCUT2D eigenvalue weighted by Crippen LogP contribution is 2.26. The predicted octanol–water partition coefficient (Wildman–Crippen LogP) is 3.08. The fourth-order valence-electron chi connectivity index (χ4n) is 2.35. The first kappa shape index (κ1) is 15.4. The summed E-state index contributed by atoms with van der Waals surface area (Å²) < 4.78 is 7.37. The number of esters is 1. The van der Waals surface area contributed by atoms with E-state index >= 15 is 0 Å². The van der Waals surface area contributed by atoms with Crippen molar-refractivity contribution in [2.75, 3.05) is 5.73 Å². The first-order valence-corrected chi connectivity index (χ1v) is 7.45. The molecule has 21 heavy (non-hydrogen) atoms. The number of carbonyl (C=O) groups excluding carboxylic acids is 1. The minimum absolute atomic E-state index is 0.0788. The average Bonchev–Trinajstić information content (AvgIpc) is 2.86. The quantitative estimate of drug-likeness (QED) is 0.678. The molecule has 0 bridgehead atoms. The van der Waals surface area contributed by atoms with E-state index in [1.807, 2.05) is 50.5 Å². The van der Waals surface area contributed by atoms with Crippen molar-refractivity contribution in [2.24, 2.45) is 0 Å². The van der Waals surface area contributed by atoms with E-state index in [0.29, 0.717) is 5.69 Å². The number of fused-ring (bicyclic) bond motifs is 1. The van der Waals surface area contributed by atoms with Gasteiger partial charge >= 0.3 is 5.97 Å². The van der Waals surface area contributed by atoms with Gasteiger partial charge in [0.25, 0.3) is 0 Å². The fraction of sp³-hybridized carbons (Fsp3) is 0.500. The van der Waals surface area contributed by atoms with Crippen LogP contribution in [-0.2, 0) is 16.0 Å². The number of nitrogens with zero attached hydrogens (tertiary/aromatic N) is 2. The lowest BCUT2D eigenvalue weighted by Gasteiger charge is -2.19. The van der Waals surface area contributed by atoms with Crippen molar-refractivity contribution in [3.05, 3.63) is 24.0 Å². The van der Waals surface area contributed by atoms with E-state index in [-0.39, 0.29) is 12.1 Å². The molecule has 0 radical (unpaired) electrons. The average molecular weight is 289 g/mol. The number of anilines is 1. The molecule has 2 rings (SSSR count). The number of nitrogens with two attached hydrogens (primary N) is 1. The highest BCUT2D eigenvalue weighted by atomic mass is 16.5. The van der Waals surface area contributed by atoms with Crippen LogP contribution in [0.15, 0.2) is 18.2 Å². The number of hydrogen-bond donors (Lipinski definition) is 1. The number of imidazole rings is 1. The Bertz CT molecular complexity index is 648. The van der Waals surface area contributed by atoms with E-state index in [0.717, 1.165) is 29.7 Å². The van der Waals surface area contributed by atoms with Gasteiger partial charge in [0.15, 0.2) is 0 Å². The van der Waals surface area contributed by atoms with Crippen molar-refractivity contribution in [1.29, 1.82) is 0 Å². The summed E-state index contributed by atoms with van der Waals surface area (Å²) in [4.78, 5) is 16.9. The summed E-state index contributed by atoms with van der Waals surface area (Å²) in [6, 6.07) is 5.22. The molecule has 0 saturated carbocycles. The second kappa shape index (κ2) is 6.16. The van der Waals surface area contributed by atoms with Gasteiger partial charge < -0.3 is 15.0 Å². The van der Waals surface area contributed by atoms with Crippen LogP contribution in [0.2, 0.25) is 0 Å². The highest BCUT2D eigenvalue weighted by molar-refractivity contribution is 5.89. The number of aryl methyl sites for hydroxylation is 1. The van der Waals surface area contributed by atoms with Crippen LogP contribution in [-0.4, -0.2) is 21.6 Å². The Morgan fingerprint density at radius 1 is 1.38 bits per heavy atom. The van der Waals surface area contributed by atoms with Crippen molar-refractivity contribution in [3.63, 3.8) is 0 Å². The Balaban J connectivity index is 2.44. The lowest BCUT2D eigenvalue weighted by atomic mass is 10.2. The molecule has 2 aromatic rings. The lowest BCUT2D eigenvalue weighted by Crippen LogP contribution is -2.24. The number of carbonyl (C=O) groups is 1. The van der Waals surface area contributed by atoms with E-state index < -0.39 is 6.04 Å². The number of hydrogen-bond acceptors (Lipinski definition) is 4. The Hall–Kier alpha value is -2.04. The van der Waals surface area contributed by atoms with Gasteiger partial charge in [-0.25, -0.2) is 9.78 Å². The molecule has 0 fully saturated rings. The van der Waals surface area contributed by atoms with E-state index in [1.54, 1.807) is 0 Å². The minimum Gasteiger partial charge on any atom is -0.461 e. The molecule has 0 saturated heterocycles. The van der Waals surface area contributed by atoms with Gasteiger partial charge in [0.05, 0.1) is 17.3 Å². The van der Waals surface area contributed by atoms with Crippen LogP contribution in [0.3, 0.4) is 0 Å². The van der Waals surface area contributed by atoms with Crippen molar-refractivity contribution in [1.82, 2.24) is 9.55 Å². The summed E-state index contributed by atoms with van der Waals surface area (Å²) in [5, 5.41) is 0. The zero-order valence-corrected chi connectivity index (χ0v) is 13.1. The largest absolute Gasteiger partial charge is 0.461 e. The zero-order chi connectivity index (χ0) is 15.6. The Morgan fingerprint density at radius 2 is 2.10 bits per heavy atom. The van der Waals surface area contributed by atoms with Crippen LogP contribution in [0.4, 0.5) is 5.69 Å². The summed E-state index contributed by atoms with van der Waals surface area (Å²) in [6.45, 7) is 7.75. The number of nitrogen functional groups attached to an aromatic ring is 1. The minimum atomic E-state index is -0.416. The second-order valence-corrected chi connectivity index (χ2v) is 5.30. The second-order valence-electron chi connectivity index (χ2n) is 5.30. The van der Waals surface area contributed by atoms with Crippen LogP contribution in [0.25, 0.3) is 11.0 Å². The molecule has 0 aliphatic carbocycles. The van der Waals surface area contributed by atoms with Crippen molar-refractivity contribution in [2.45, 2.75) is 52.7 Å². The zero-order valence-electron chi connectivity index (χ0n) is 13.1. The van der Waals surface area contributed by atoms with E-state index in [2.05, 4.69) is 4.98 Å². The topological polar surface area (TPSA) is 70.1 Å². The van der Waals surface area contributed by atoms with Gasteiger partial charge in [0, 0.05) is 6.42 Å². The number of para-hydroxylation sites is 1. The van der Waals surface area contributed by atoms with Gasteiger partial charge in [-0.05, 0) is 32.4 Å². The highest BCUT2D eigenvalue weighted by Gasteiger charge is 2.23. The van der Waals surface area contributed by atoms with Gasteiger partial charge in [-0.3, -0.25) is 0 Å². The summed E-state index contributed by atoms with van der Waals surface area (Å²) in [6.07, 6.45) is 1.45. The first-order chi connectivity index (χ1) is 9.99. The molecule has 0 spiro atoms. The fourth-order valence-corrected chi connectivity index (χ4v) is 2.35. The van der Waals surface area contributed by atoms with Gasteiger partial charge in [-0.2, -0.15) is 0 Å². The molecule has 1 heterocycles. The molecular formula is C16H23N3O2. The lowest BCUT2D eigenvalue weighted by molar-refractivity contribution is -0.151. The van der Waals surface area contributed by atoms with Crippen LogP contribution in [0, 0.1) is 0 Å². The van der Waals surface area contributed by atoms with Crippen molar-refractivity contribution in [3.8, 4) is 0 Å². The molecule has 2 unspecified atom stereocenters. The molecule has 1 aromatic heterocycles. The molecule has 1 aromatic carbocycles. The molecule has 5 nitrogen and oxygen atoms in total. The van der Waals surface area contributed by atoms with Crippen LogP contribution in [0.1, 0.15) is 46.0 Å². The summed E-state index contributed by atoms with van der Waals surface area (Å²) in [7, 11) is 0. The molecule has 0 aliphatic heterocycles. The van der Waals surface area contributed by atoms with E-state index in [4.69, 9.17) is 10.5 Å². The number of ether oxygens (including phenoxy) is 1. The number of aromatic nitrogens is 2. The maximum Gasteiger partial charge on any atom is 0.329 e. The molecule has 0 aliphatic rings. The smallest absolute Gasteiger partial charge is 0.329 e. The first-order valence-electron chi connectivity index (χ1n) is 7.45. The maximum atomic E-state index is 12.3. The third-order valence-electron chi connectivity index (χ3n) is 3.76. The van der Waals surface area contributed by atoms with Gasteiger partial charge in [0.2, 0.25) is 0 Å². The van der Waals surface area contributed by atoms with Gasteiger partial charge in [-0.15, -0.1) is 0 Å². The van der Waals surface area contributed by atoms with Crippen molar-refractivity contribution < 1.29 is 9.53 Å². The predicted molar refractivity (Wildman–Crippen MR) is 84.1 cm³/mol. The normalized spacial score (nSPS) is 14.1. The molecule has 0 amide bonds. The summed E-state index contributed by atoms with van der Waals surface area (Å²) >= 11 is 0. The van der Waals surface area contributed by atoms with Crippen LogP contribution < -0.4 is 5.73 Å². The third-order valence-corrected chi connectivity index (χ3v) is 3.76. The third kappa shape index (κ3) is 2.86. The summed E-state index contributed by atoms with van der Waals surface area (Å²) in [5.41, 5.74) is 8.23. The van der Waals surface area contributed by atoms with Gasteiger partial charge in [-0.1, -0.05) is 19.9 Å². The van der Waals surface area contributed by atoms with Crippen molar-refractivity contribution >= 4 is 22.7 Å². The Morgan fingerprint density at radius 3 is 2.71 bits per heavy atom. The Kier molecular flexibility index (Phi) is 4.50. The van der Waals surface area contributed by atoms with Crippen LogP contribution in [0.5, 0.6) is 0 Å². The molecular weight excluding hydrogens is 266 g/mol. The monoisotopic (exact) mass is 289 g/mol. The summed E-state index contributed by atoms with van der Waals surface area (Å²) in [5.74, 6) is 0.609. The maximum absolute atomic E-state index is 12.3. The van der Waals surface area contributed by atoms with Gasteiger partial charge in [0.1, 0.15) is 17.4 Å². The van der Waals surface area contributed by atoms with Crippen LogP contribution >= 0.6 is 0 Å². The standard InChI is InChI=1S/C16H23N3O2/c1-5-10(3)21-16(20)11(4)19-13-9-7-8-12(17)15(13)18-14(19)6-2/h7-11H,5-6,17H2,1-4H3. The van der Waals surface area contributed by atoms with E-state index in [9.17, 15) is 4.79 Å². The Labute approximate surface area is 125 Å². The number of benzene rings is 1. The molecule has 114 valence electrons. The molecule has 2 atom stereocenters. The van der Waals surface area contributed by atoms with E-state index in [1.165, 1.54) is 0 Å². The number of rotatable bonds is 5. The molecule has 2 N–H and O–H groups in total.